The van der Waals surface area contributed by atoms with E-state index in [1.54, 1.807) is 0 Å². The minimum absolute atomic E-state index is 0.396. The summed E-state index contributed by atoms with van der Waals surface area (Å²) in [6.45, 7) is 4.46. The normalized spacial score (nSPS) is 24.0. The first-order valence-corrected chi connectivity index (χ1v) is 7.52. The van der Waals surface area contributed by atoms with Gasteiger partial charge in [-0.15, -0.1) is 0 Å². The second kappa shape index (κ2) is 7.34. The minimum Gasteiger partial charge on any atom is -0.377 e. The Balaban J connectivity index is 1.89. The summed E-state index contributed by atoms with van der Waals surface area (Å²) in [7, 11) is 0. The first kappa shape index (κ1) is 14.1. The number of hydrogen-bond donors (Lipinski definition) is 1. The number of nitrogens with two attached hydrogens (primary N) is 1. The summed E-state index contributed by atoms with van der Waals surface area (Å²) in [6.07, 6.45) is 9.40. The number of rotatable bonds is 5. The molecule has 2 rings (SSSR count). The third-order valence-electron chi connectivity index (χ3n) is 4.03. The predicted octanol–water partition coefficient (Wildman–Crippen LogP) is 3.50. The van der Waals surface area contributed by atoms with Gasteiger partial charge < -0.3 is 10.6 Å². The van der Waals surface area contributed by atoms with Crippen LogP contribution in [-0.4, -0.2) is 24.0 Å². The number of unbranched alkanes of at least 4 members (excludes halogenated alkanes) is 1. The predicted molar refractivity (Wildman–Crippen MR) is 82.7 cm³/mol. The highest BCUT2D eigenvalue weighted by atomic mass is 15.1. The lowest BCUT2D eigenvalue weighted by Crippen LogP contribution is -2.45. The summed E-state index contributed by atoms with van der Waals surface area (Å²) in [5.41, 5.74) is 7.50. The van der Waals surface area contributed by atoms with Crippen molar-refractivity contribution in [1.82, 2.24) is 4.90 Å². The van der Waals surface area contributed by atoms with Crippen LogP contribution in [0.3, 0.4) is 0 Å². The second-order valence-electron chi connectivity index (χ2n) is 5.58. The van der Waals surface area contributed by atoms with E-state index in [1.807, 2.05) is 0 Å². The largest absolute Gasteiger partial charge is 0.377 e. The fourth-order valence-electron chi connectivity index (χ4n) is 2.74. The van der Waals surface area contributed by atoms with Gasteiger partial charge in [-0.1, -0.05) is 50.1 Å². The number of piperidine rings is 1. The highest BCUT2D eigenvalue weighted by molar-refractivity contribution is 5.48. The monoisotopic (exact) mass is 258 g/mol. The Hall–Kier alpha value is -1.28. The van der Waals surface area contributed by atoms with Crippen molar-refractivity contribution in [2.24, 2.45) is 11.7 Å². The molecule has 1 aromatic rings. The van der Waals surface area contributed by atoms with Gasteiger partial charge in [0.2, 0.25) is 0 Å². The molecular formula is C17H26N2. The molecule has 0 bridgehead atoms. The highest BCUT2D eigenvalue weighted by Crippen LogP contribution is 2.21. The molecule has 19 heavy (non-hydrogen) atoms. The molecule has 0 amide bonds. The summed E-state index contributed by atoms with van der Waals surface area (Å²) >= 11 is 0. The van der Waals surface area contributed by atoms with Gasteiger partial charge >= 0.3 is 0 Å². The fraction of sp³-hybridized carbons (Fsp3) is 0.529. The molecule has 0 saturated carbocycles. The van der Waals surface area contributed by atoms with E-state index >= 15 is 0 Å². The molecule has 0 unspecified atom stereocenters. The molecule has 0 aromatic heterocycles. The van der Waals surface area contributed by atoms with Gasteiger partial charge in [-0.2, -0.15) is 0 Å². The number of hydrogen-bond acceptors (Lipinski definition) is 2. The molecule has 1 aliphatic heterocycles. The van der Waals surface area contributed by atoms with Crippen LogP contribution in [-0.2, 0) is 0 Å². The van der Waals surface area contributed by atoms with Gasteiger partial charge in [0.25, 0.3) is 0 Å². The molecule has 104 valence electrons. The zero-order chi connectivity index (χ0) is 13.5. The van der Waals surface area contributed by atoms with Gasteiger partial charge in [0.15, 0.2) is 0 Å². The van der Waals surface area contributed by atoms with E-state index in [1.165, 1.54) is 24.8 Å². The third kappa shape index (κ3) is 4.39. The molecular weight excluding hydrogens is 232 g/mol. The van der Waals surface area contributed by atoms with Crippen LogP contribution in [0, 0.1) is 5.92 Å². The average Bonchev–Trinajstić information content (AvgIpc) is 2.46. The van der Waals surface area contributed by atoms with Crippen LogP contribution in [0.15, 0.2) is 36.5 Å². The lowest BCUT2D eigenvalue weighted by Gasteiger charge is -2.36. The summed E-state index contributed by atoms with van der Waals surface area (Å²) in [4.78, 5) is 2.43. The minimum atomic E-state index is 0.396. The first-order valence-electron chi connectivity index (χ1n) is 7.52. The van der Waals surface area contributed by atoms with Crippen molar-refractivity contribution in [2.45, 2.75) is 38.6 Å². The van der Waals surface area contributed by atoms with E-state index in [0.29, 0.717) is 12.0 Å². The molecule has 0 radical (unpaired) electrons. The van der Waals surface area contributed by atoms with Crippen molar-refractivity contribution in [3.8, 4) is 0 Å². The topological polar surface area (TPSA) is 29.3 Å². The molecule has 1 heterocycles. The van der Waals surface area contributed by atoms with Gasteiger partial charge in [-0.3, -0.25) is 0 Å². The molecule has 1 fully saturated rings. The van der Waals surface area contributed by atoms with Crippen LogP contribution in [0.4, 0.5) is 0 Å². The SMILES string of the molecule is CCCC[C@@H]1CN(C=Cc2ccccc2)CC[C@H]1N. The summed E-state index contributed by atoms with van der Waals surface area (Å²) in [6, 6.07) is 10.9. The van der Waals surface area contributed by atoms with Crippen LogP contribution >= 0.6 is 0 Å². The molecule has 1 saturated heterocycles. The first-order chi connectivity index (χ1) is 9.29. The zero-order valence-electron chi connectivity index (χ0n) is 12.0. The van der Waals surface area contributed by atoms with Crippen molar-refractivity contribution < 1.29 is 0 Å². The maximum absolute atomic E-state index is 6.24. The third-order valence-corrected chi connectivity index (χ3v) is 4.03. The van der Waals surface area contributed by atoms with E-state index in [4.69, 9.17) is 5.73 Å². The van der Waals surface area contributed by atoms with Crippen LogP contribution in [0.5, 0.6) is 0 Å². The standard InChI is InChI=1S/C17H26N2/c1-2-3-9-16-14-19(13-11-17(16)18)12-10-15-7-5-4-6-8-15/h4-8,10,12,16-17H,2-3,9,11,13-14,18H2,1H3/t16-,17-/m1/s1. The maximum Gasteiger partial charge on any atom is 0.0215 e. The van der Waals surface area contributed by atoms with Gasteiger partial charge in [0.1, 0.15) is 0 Å². The number of likely N-dealkylation sites (tertiary alicyclic amines) is 1. The van der Waals surface area contributed by atoms with E-state index in [-0.39, 0.29) is 0 Å². The lowest BCUT2D eigenvalue weighted by molar-refractivity contribution is 0.196. The van der Waals surface area contributed by atoms with Gasteiger partial charge in [0.05, 0.1) is 0 Å². The molecule has 2 N–H and O–H groups in total. The molecule has 0 spiro atoms. The molecule has 1 aromatic carbocycles. The Bertz CT molecular complexity index is 386. The van der Waals surface area contributed by atoms with Crippen LogP contribution in [0.1, 0.15) is 38.2 Å². The smallest absolute Gasteiger partial charge is 0.0215 e. The summed E-state index contributed by atoms with van der Waals surface area (Å²) in [5.74, 6) is 0.661. The second-order valence-corrected chi connectivity index (χ2v) is 5.58. The quantitative estimate of drug-likeness (QED) is 0.876. The number of benzene rings is 1. The Morgan fingerprint density at radius 3 is 2.84 bits per heavy atom. The average molecular weight is 258 g/mol. The fourth-order valence-corrected chi connectivity index (χ4v) is 2.74. The molecule has 0 aliphatic carbocycles. The van der Waals surface area contributed by atoms with E-state index < -0.39 is 0 Å². The summed E-state index contributed by atoms with van der Waals surface area (Å²) < 4.78 is 0. The van der Waals surface area contributed by atoms with Crippen molar-refractivity contribution in [1.29, 1.82) is 0 Å². The Morgan fingerprint density at radius 1 is 1.32 bits per heavy atom. The van der Waals surface area contributed by atoms with Crippen molar-refractivity contribution in [2.75, 3.05) is 13.1 Å². The Labute approximate surface area is 117 Å². The van der Waals surface area contributed by atoms with Gasteiger partial charge in [0, 0.05) is 19.1 Å². The highest BCUT2D eigenvalue weighted by Gasteiger charge is 2.24. The van der Waals surface area contributed by atoms with E-state index in [9.17, 15) is 0 Å². The van der Waals surface area contributed by atoms with Crippen molar-refractivity contribution in [3.63, 3.8) is 0 Å². The zero-order valence-corrected chi connectivity index (χ0v) is 12.0. The van der Waals surface area contributed by atoms with Gasteiger partial charge in [-0.25, -0.2) is 0 Å². The van der Waals surface area contributed by atoms with Crippen LogP contribution in [0.25, 0.3) is 6.08 Å². The Kier molecular flexibility index (Phi) is 5.46. The molecule has 2 atom stereocenters. The maximum atomic E-state index is 6.24. The van der Waals surface area contributed by atoms with Crippen molar-refractivity contribution in [3.05, 3.63) is 42.1 Å². The van der Waals surface area contributed by atoms with Crippen LogP contribution in [0.2, 0.25) is 0 Å². The van der Waals surface area contributed by atoms with Crippen molar-refractivity contribution >= 4 is 6.08 Å². The van der Waals surface area contributed by atoms with Gasteiger partial charge in [-0.05, 0) is 36.6 Å². The van der Waals surface area contributed by atoms with Crippen LogP contribution < -0.4 is 5.73 Å². The molecule has 1 aliphatic rings. The van der Waals surface area contributed by atoms with E-state index in [0.717, 1.165) is 19.5 Å². The van der Waals surface area contributed by atoms with E-state index in [2.05, 4.69) is 54.4 Å². The Morgan fingerprint density at radius 2 is 2.11 bits per heavy atom. The molecule has 2 nitrogen and oxygen atoms in total. The summed E-state index contributed by atoms with van der Waals surface area (Å²) in [5, 5.41) is 0. The number of nitrogens with zero attached hydrogens (tertiary/aromatic N) is 1. The lowest BCUT2D eigenvalue weighted by atomic mass is 9.88. The molecule has 2 heteroatoms.